The molecule has 5 nitrogen and oxygen atoms in total. The fourth-order valence-corrected chi connectivity index (χ4v) is 4.23. The third-order valence-corrected chi connectivity index (χ3v) is 6.44. The highest BCUT2D eigenvalue weighted by atomic mass is 35.5. The van der Waals surface area contributed by atoms with Crippen molar-refractivity contribution < 1.29 is 4.79 Å². The number of aromatic nitrogens is 3. The van der Waals surface area contributed by atoms with Gasteiger partial charge in [0, 0.05) is 17.0 Å². The van der Waals surface area contributed by atoms with Crippen molar-refractivity contribution in [2.75, 3.05) is 11.1 Å². The van der Waals surface area contributed by atoms with E-state index < -0.39 is 0 Å². The number of carbonyl (C=O) groups is 1. The Balaban J connectivity index is 1.54. The molecule has 9 heteroatoms. The monoisotopic (exact) mass is 452 g/mol. The number of carbonyl (C=O) groups excluding carboxylic acids is 1. The molecule has 28 heavy (non-hydrogen) atoms. The summed E-state index contributed by atoms with van der Waals surface area (Å²) in [6.45, 7) is 2.07. The van der Waals surface area contributed by atoms with Gasteiger partial charge in [-0.05, 0) is 37.3 Å². The van der Waals surface area contributed by atoms with Gasteiger partial charge in [-0.15, -0.1) is 22.0 Å². The normalized spacial score (nSPS) is 10.9. The number of halogens is 2. The molecule has 3 aromatic rings. The maximum absolute atomic E-state index is 12.2. The number of nitrogens with one attached hydrogen (secondary N) is 1. The van der Waals surface area contributed by atoms with Gasteiger partial charge >= 0.3 is 0 Å². The van der Waals surface area contributed by atoms with E-state index >= 15 is 0 Å². The lowest BCUT2D eigenvalue weighted by Crippen LogP contribution is -2.14. The van der Waals surface area contributed by atoms with Crippen molar-refractivity contribution in [2.24, 2.45) is 7.05 Å². The number of amides is 1. The van der Waals surface area contributed by atoms with Crippen molar-refractivity contribution in [3.05, 3.63) is 63.9 Å². The number of anilines is 1. The molecule has 0 saturated heterocycles. The van der Waals surface area contributed by atoms with Crippen LogP contribution in [0.5, 0.6) is 0 Å². The molecule has 2 aromatic carbocycles. The summed E-state index contributed by atoms with van der Waals surface area (Å²) < 4.78 is 1.91. The molecular formula is C19H18Cl2N4OS2. The Hall–Kier alpha value is -1.67. The fraction of sp³-hybridized carbons (Fsp3) is 0.211. The van der Waals surface area contributed by atoms with Gasteiger partial charge in [0.25, 0.3) is 0 Å². The zero-order valence-electron chi connectivity index (χ0n) is 15.3. The van der Waals surface area contributed by atoms with Crippen molar-refractivity contribution in [2.45, 2.75) is 22.7 Å². The fourth-order valence-electron chi connectivity index (χ4n) is 2.29. The minimum Gasteiger partial charge on any atom is -0.324 e. The third kappa shape index (κ3) is 5.67. The van der Waals surface area contributed by atoms with E-state index in [4.69, 9.17) is 23.2 Å². The molecule has 0 aliphatic rings. The highest BCUT2D eigenvalue weighted by molar-refractivity contribution is 7.99. The Morgan fingerprint density at radius 1 is 1.11 bits per heavy atom. The molecule has 0 radical (unpaired) electrons. The second-order valence-electron chi connectivity index (χ2n) is 6.02. The Kier molecular flexibility index (Phi) is 7.29. The van der Waals surface area contributed by atoms with Gasteiger partial charge in [-0.3, -0.25) is 4.79 Å². The van der Waals surface area contributed by atoms with Crippen LogP contribution in [-0.4, -0.2) is 26.4 Å². The zero-order chi connectivity index (χ0) is 20.1. The molecule has 0 saturated carbocycles. The molecule has 146 valence electrons. The molecule has 0 spiro atoms. The number of aryl methyl sites for hydroxylation is 1. The molecule has 0 atom stereocenters. The lowest BCUT2D eigenvalue weighted by Gasteiger charge is -2.07. The standard InChI is InChI=1S/C19H18Cl2N4OS2/c1-12-3-6-14(7-4-12)27-10-17-23-24-19(25(17)2)28-11-18(26)22-16-9-13(20)5-8-15(16)21/h3-9H,10-11H2,1-2H3,(H,22,26). The van der Waals surface area contributed by atoms with Crippen LogP contribution >= 0.6 is 46.7 Å². The Bertz CT molecular complexity index is 977. The summed E-state index contributed by atoms with van der Waals surface area (Å²) in [5, 5.41) is 12.8. The van der Waals surface area contributed by atoms with Gasteiger partial charge in [0.05, 0.1) is 22.2 Å². The van der Waals surface area contributed by atoms with Crippen molar-refractivity contribution in [1.29, 1.82) is 0 Å². The molecule has 0 bridgehead atoms. The third-order valence-electron chi connectivity index (χ3n) is 3.85. The van der Waals surface area contributed by atoms with Crippen molar-refractivity contribution in [1.82, 2.24) is 14.8 Å². The van der Waals surface area contributed by atoms with Crippen molar-refractivity contribution in [3.63, 3.8) is 0 Å². The largest absolute Gasteiger partial charge is 0.324 e. The topological polar surface area (TPSA) is 59.8 Å². The number of benzene rings is 2. The quantitative estimate of drug-likeness (QED) is 0.482. The van der Waals surface area contributed by atoms with Gasteiger partial charge in [0.1, 0.15) is 5.82 Å². The number of nitrogens with zero attached hydrogens (tertiary/aromatic N) is 3. The number of thioether (sulfide) groups is 2. The number of rotatable bonds is 7. The van der Waals surface area contributed by atoms with Crippen LogP contribution in [0.25, 0.3) is 0 Å². The molecule has 1 amide bonds. The lowest BCUT2D eigenvalue weighted by molar-refractivity contribution is -0.113. The average Bonchev–Trinajstić information content (AvgIpc) is 3.02. The number of hydrogen-bond donors (Lipinski definition) is 1. The smallest absolute Gasteiger partial charge is 0.234 e. The van der Waals surface area contributed by atoms with Gasteiger partial charge in [0.2, 0.25) is 5.91 Å². The summed E-state index contributed by atoms with van der Waals surface area (Å²) in [6.07, 6.45) is 0. The van der Waals surface area contributed by atoms with E-state index in [1.165, 1.54) is 22.2 Å². The second kappa shape index (κ2) is 9.69. The molecular weight excluding hydrogens is 435 g/mol. The van der Waals surface area contributed by atoms with E-state index in [9.17, 15) is 4.79 Å². The predicted octanol–water partition coefficient (Wildman–Crippen LogP) is 5.45. The second-order valence-corrected chi connectivity index (χ2v) is 8.86. The van der Waals surface area contributed by atoms with Gasteiger partial charge < -0.3 is 9.88 Å². The summed E-state index contributed by atoms with van der Waals surface area (Å²) in [7, 11) is 1.90. The van der Waals surface area contributed by atoms with Crippen LogP contribution < -0.4 is 5.32 Å². The SMILES string of the molecule is Cc1ccc(SCc2nnc(SCC(=O)Nc3cc(Cl)ccc3Cl)n2C)cc1. The first-order chi connectivity index (χ1) is 13.4. The molecule has 0 aliphatic carbocycles. The Morgan fingerprint density at radius 2 is 1.86 bits per heavy atom. The van der Waals surface area contributed by atoms with E-state index in [1.807, 2.05) is 11.6 Å². The first-order valence-corrected chi connectivity index (χ1v) is 11.1. The first-order valence-electron chi connectivity index (χ1n) is 8.38. The number of hydrogen-bond acceptors (Lipinski definition) is 5. The molecule has 1 heterocycles. The van der Waals surface area contributed by atoms with Gasteiger partial charge in [0.15, 0.2) is 5.16 Å². The lowest BCUT2D eigenvalue weighted by atomic mass is 10.2. The van der Waals surface area contributed by atoms with Crippen LogP contribution in [0, 0.1) is 6.92 Å². The van der Waals surface area contributed by atoms with Crippen LogP contribution in [0.4, 0.5) is 5.69 Å². The molecule has 0 unspecified atom stereocenters. The highest BCUT2D eigenvalue weighted by Gasteiger charge is 2.13. The van der Waals surface area contributed by atoms with Gasteiger partial charge in [-0.2, -0.15) is 0 Å². The van der Waals surface area contributed by atoms with E-state index in [2.05, 4.69) is 46.7 Å². The van der Waals surface area contributed by atoms with Crippen LogP contribution in [0.1, 0.15) is 11.4 Å². The van der Waals surface area contributed by atoms with Crippen LogP contribution in [-0.2, 0) is 17.6 Å². The highest BCUT2D eigenvalue weighted by Crippen LogP contribution is 2.27. The maximum Gasteiger partial charge on any atom is 0.234 e. The minimum atomic E-state index is -0.187. The summed E-state index contributed by atoms with van der Waals surface area (Å²) in [5.41, 5.74) is 1.73. The average molecular weight is 453 g/mol. The minimum absolute atomic E-state index is 0.187. The van der Waals surface area contributed by atoms with E-state index in [1.54, 1.807) is 30.0 Å². The molecule has 1 N–H and O–H groups in total. The molecule has 0 fully saturated rings. The Morgan fingerprint density at radius 3 is 2.61 bits per heavy atom. The summed E-state index contributed by atoms with van der Waals surface area (Å²) in [6, 6.07) is 13.3. The molecule has 3 rings (SSSR count). The van der Waals surface area contributed by atoms with Gasteiger partial charge in [-0.25, -0.2) is 0 Å². The maximum atomic E-state index is 12.2. The molecule has 0 aliphatic heterocycles. The van der Waals surface area contributed by atoms with Crippen molar-refractivity contribution >= 4 is 58.3 Å². The summed E-state index contributed by atoms with van der Waals surface area (Å²) in [5.74, 6) is 1.57. The molecule has 1 aromatic heterocycles. The van der Waals surface area contributed by atoms with E-state index in [-0.39, 0.29) is 11.7 Å². The van der Waals surface area contributed by atoms with E-state index in [0.29, 0.717) is 26.6 Å². The van der Waals surface area contributed by atoms with Crippen LogP contribution in [0.2, 0.25) is 10.0 Å². The zero-order valence-corrected chi connectivity index (χ0v) is 18.4. The first kappa shape index (κ1) is 21.0. The Labute approximate surface area is 182 Å². The van der Waals surface area contributed by atoms with Gasteiger partial charge in [-0.1, -0.05) is 52.7 Å². The van der Waals surface area contributed by atoms with Crippen LogP contribution in [0.15, 0.2) is 52.5 Å². The van der Waals surface area contributed by atoms with E-state index in [0.717, 1.165) is 5.82 Å². The van der Waals surface area contributed by atoms with Crippen LogP contribution in [0.3, 0.4) is 0 Å². The summed E-state index contributed by atoms with van der Waals surface area (Å²) in [4.78, 5) is 13.4. The summed E-state index contributed by atoms with van der Waals surface area (Å²) >= 11 is 15.0. The van der Waals surface area contributed by atoms with Crippen molar-refractivity contribution in [3.8, 4) is 0 Å². The predicted molar refractivity (Wildman–Crippen MR) is 118 cm³/mol.